The van der Waals surface area contributed by atoms with Crippen LogP contribution in [0, 0.1) is 10.1 Å². The number of aromatic nitrogens is 2. The fourth-order valence-corrected chi connectivity index (χ4v) is 5.63. The number of thioether (sulfide) groups is 1. The summed E-state index contributed by atoms with van der Waals surface area (Å²) in [5.41, 5.74) is 6.35. The smallest absolute Gasteiger partial charge is 0.285 e. The second-order valence-electron chi connectivity index (χ2n) is 6.63. The van der Waals surface area contributed by atoms with Gasteiger partial charge in [-0.15, -0.1) is 11.8 Å². The molecule has 0 radical (unpaired) electrons. The Kier molecular flexibility index (Phi) is 6.34. The molecule has 14 heteroatoms. The Labute approximate surface area is 201 Å². The van der Waals surface area contributed by atoms with Crippen molar-refractivity contribution in [2.75, 3.05) is 10.5 Å². The zero-order valence-corrected chi connectivity index (χ0v) is 19.5. The number of rotatable bonds is 7. The van der Waals surface area contributed by atoms with Crippen LogP contribution in [-0.2, 0) is 15.8 Å². The van der Waals surface area contributed by atoms with Crippen molar-refractivity contribution in [2.24, 2.45) is 0 Å². The van der Waals surface area contributed by atoms with Crippen molar-refractivity contribution in [1.29, 1.82) is 0 Å². The number of anilines is 2. The molecular weight excluding hydrogens is 513 g/mol. The van der Waals surface area contributed by atoms with E-state index in [2.05, 4.69) is 14.9 Å². The molecule has 0 amide bonds. The highest BCUT2D eigenvalue weighted by molar-refractivity contribution is 7.98. The normalized spacial score (nSPS) is 11.6. The number of hydrogen-bond acceptors (Lipinski definition) is 9. The van der Waals surface area contributed by atoms with Gasteiger partial charge in [0.2, 0.25) is 0 Å². The van der Waals surface area contributed by atoms with E-state index in [0.717, 1.165) is 35.8 Å². The van der Waals surface area contributed by atoms with Gasteiger partial charge in [-0.25, -0.2) is 4.98 Å². The van der Waals surface area contributed by atoms with Crippen LogP contribution in [0.2, 0.25) is 10.0 Å². The number of nitro groups is 1. The minimum atomic E-state index is -4.31. The number of nitrogens with zero attached hydrogens (tertiary/aromatic N) is 3. The van der Waals surface area contributed by atoms with Gasteiger partial charge in [0.05, 0.1) is 39.0 Å². The van der Waals surface area contributed by atoms with Gasteiger partial charge in [-0.2, -0.15) is 8.42 Å². The van der Waals surface area contributed by atoms with Gasteiger partial charge in [0.1, 0.15) is 5.02 Å². The Morgan fingerprint density at radius 1 is 1.18 bits per heavy atom. The van der Waals surface area contributed by atoms with Crippen LogP contribution in [0.1, 0.15) is 5.56 Å². The minimum Gasteiger partial charge on any atom is -0.397 e. The van der Waals surface area contributed by atoms with Crippen molar-refractivity contribution in [2.45, 2.75) is 15.7 Å². The molecule has 0 bridgehead atoms. The summed E-state index contributed by atoms with van der Waals surface area (Å²) >= 11 is 13.2. The Balaban J connectivity index is 1.67. The van der Waals surface area contributed by atoms with Gasteiger partial charge < -0.3 is 10.3 Å². The van der Waals surface area contributed by atoms with Gasteiger partial charge in [0.25, 0.3) is 15.7 Å². The number of nitro benzene ring substituents is 1. The molecule has 4 rings (SSSR count). The molecule has 170 valence electrons. The van der Waals surface area contributed by atoms with Crippen LogP contribution < -0.4 is 10.5 Å². The van der Waals surface area contributed by atoms with E-state index >= 15 is 0 Å². The molecule has 0 saturated heterocycles. The summed E-state index contributed by atoms with van der Waals surface area (Å²) in [5, 5.41) is 15.5. The van der Waals surface area contributed by atoms with Crippen LogP contribution in [0.25, 0.3) is 11.0 Å². The van der Waals surface area contributed by atoms with Crippen molar-refractivity contribution in [3.8, 4) is 0 Å². The standard InChI is InChI=1S/C19H13Cl2N5O5S2/c20-12-4-2-1-3-10(12)9-32-17-5-14(22)15(6-16(17)26(27)28)25-33(29,30)19-11-7-24-31-18(11)13(21)8-23-19/h1-8,25H,9,22H2. The fraction of sp³-hybridized carbons (Fsp3) is 0.0526. The van der Waals surface area contributed by atoms with Crippen LogP contribution in [0.3, 0.4) is 0 Å². The number of sulfonamides is 1. The van der Waals surface area contributed by atoms with Crippen LogP contribution >= 0.6 is 35.0 Å². The Morgan fingerprint density at radius 2 is 1.94 bits per heavy atom. The fourth-order valence-electron chi connectivity index (χ4n) is 2.92. The Hall–Kier alpha value is -3.06. The summed E-state index contributed by atoms with van der Waals surface area (Å²) < 4.78 is 33.1. The number of benzene rings is 2. The lowest BCUT2D eigenvalue weighted by Crippen LogP contribution is -2.16. The predicted octanol–water partition coefficient (Wildman–Crippen LogP) is 5.11. The maximum absolute atomic E-state index is 13.0. The molecule has 0 unspecified atom stereocenters. The molecule has 0 aliphatic carbocycles. The lowest BCUT2D eigenvalue weighted by molar-refractivity contribution is -0.387. The maximum atomic E-state index is 13.0. The van der Waals surface area contributed by atoms with E-state index in [4.69, 9.17) is 33.5 Å². The Morgan fingerprint density at radius 3 is 2.67 bits per heavy atom. The lowest BCUT2D eigenvalue weighted by atomic mass is 10.2. The summed E-state index contributed by atoms with van der Waals surface area (Å²) in [4.78, 5) is 15.2. The summed E-state index contributed by atoms with van der Waals surface area (Å²) in [6, 6.07) is 9.50. The molecule has 2 aromatic carbocycles. The third kappa shape index (κ3) is 4.69. The zero-order chi connectivity index (χ0) is 23.8. The molecule has 0 spiro atoms. The van der Waals surface area contributed by atoms with Crippen LogP contribution in [0.5, 0.6) is 0 Å². The molecule has 0 aliphatic heterocycles. The van der Waals surface area contributed by atoms with E-state index in [0.29, 0.717) is 10.8 Å². The molecule has 3 N–H and O–H groups in total. The molecule has 4 aromatic rings. The second kappa shape index (κ2) is 9.06. The number of hydrogen-bond donors (Lipinski definition) is 2. The summed E-state index contributed by atoms with van der Waals surface area (Å²) in [6.45, 7) is 0. The lowest BCUT2D eigenvalue weighted by Gasteiger charge is -2.12. The average molecular weight is 526 g/mol. The molecule has 33 heavy (non-hydrogen) atoms. The number of nitrogen functional groups attached to an aromatic ring is 1. The number of nitrogens with one attached hydrogen (secondary N) is 1. The molecule has 0 fully saturated rings. The summed E-state index contributed by atoms with van der Waals surface area (Å²) in [7, 11) is -4.31. The quantitative estimate of drug-likeness (QED) is 0.145. The van der Waals surface area contributed by atoms with E-state index < -0.39 is 20.0 Å². The predicted molar refractivity (Wildman–Crippen MR) is 126 cm³/mol. The van der Waals surface area contributed by atoms with Crippen LogP contribution in [-0.4, -0.2) is 23.5 Å². The van der Waals surface area contributed by atoms with Gasteiger partial charge in [0.15, 0.2) is 10.6 Å². The molecule has 10 nitrogen and oxygen atoms in total. The van der Waals surface area contributed by atoms with Gasteiger partial charge in [-0.05, 0) is 17.7 Å². The highest BCUT2D eigenvalue weighted by atomic mass is 35.5. The van der Waals surface area contributed by atoms with Crippen molar-refractivity contribution < 1.29 is 17.9 Å². The topological polar surface area (TPSA) is 154 Å². The first-order chi connectivity index (χ1) is 15.7. The number of pyridine rings is 1. The third-order valence-corrected chi connectivity index (χ3v) is 7.53. The van der Waals surface area contributed by atoms with Gasteiger partial charge >= 0.3 is 0 Å². The molecule has 2 aromatic heterocycles. The minimum absolute atomic E-state index is 0.0126. The van der Waals surface area contributed by atoms with Crippen molar-refractivity contribution in [3.05, 3.63) is 74.5 Å². The molecule has 0 aliphatic rings. The molecule has 2 heterocycles. The number of halogens is 2. The number of fused-ring (bicyclic) bond motifs is 1. The molecular formula is C19H13Cl2N5O5S2. The van der Waals surface area contributed by atoms with Gasteiger partial charge in [-0.3, -0.25) is 14.8 Å². The van der Waals surface area contributed by atoms with Crippen LogP contribution in [0.4, 0.5) is 17.1 Å². The third-order valence-electron chi connectivity index (χ3n) is 4.48. The van der Waals surface area contributed by atoms with E-state index in [1.165, 1.54) is 6.07 Å². The summed E-state index contributed by atoms with van der Waals surface area (Å²) in [6.07, 6.45) is 2.26. The average Bonchev–Trinajstić information content (AvgIpc) is 3.25. The zero-order valence-electron chi connectivity index (χ0n) is 16.4. The monoisotopic (exact) mass is 525 g/mol. The van der Waals surface area contributed by atoms with E-state index in [1.54, 1.807) is 24.3 Å². The highest BCUT2D eigenvalue weighted by Gasteiger charge is 2.26. The van der Waals surface area contributed by atoms with Gasteiger partial charge in [-0.1, -0.05) is 46.6 Å². The van der Waals surface area contributed by atoms with Crippen molar-refractivity contribution in [1.82, 2.24) is 10.1 Å². The second-order valence-corrected chi connectivity index (χ2v) is 10.1. The first-order valence-electron chi connectivity index (χ1n) is 9.03. The van der Waals surface area contributed by atoms with E-state index in [9.17, 15) is 18.5 Å². The Bertz CT molecular complexity index is 1490. The first-order valence-corrected chi connectivity index (χ1v) is 12.3. The number of nitrogens with two attached hydrogens (primary N) is 1. The van der Waals surface area contributed by atoms with E-state index in [1.807, 2.05) is 0 Å². The van der Waals surface area contributed by atoms with Gasteiger partial charge in [0, 0.05) is 16.8 Å². The van der Waals surface area contributed by atoms with Crippen LogP contribution in [0.15, 0.2) is 63.2 Å². The molecule has 0 atom stereocenters. The molecule has 0 saturated carbocycles. The summed E-state index contributed by atoms with van der Waals surface area (Å²) in [5.74, 6) is 0.352. The maximum Gasteiger partial charge on any atom is 0.285 e. The van der Waals surface area contributed by atoms with Crippen molar-refractivity contribution >= 4 is 73.0 Å². The largest absolute Gasteiger partial charge is 0.397 e. The highest BCUT2D eigenvalue weighted by Crippen LogP contribution is 2.39. The first kappa shape index (κ1) is 23.1. The SMILES string of the molecule is Nc1cc(SCc2ccccc2Cl)c([N+](=O)[O-])cc1NS(=O)(=O)c1ncc(Cl)c2oncc12. The van der Waals surface area contributed by atoms with E-state index in [-0.39, 0.29) is 37.9 Å². The van der Waals surface area contributed by atoms with Crippen molar-refractivity contribution in [3.63, 3.8) is 0 Å².